The second-order valence-electron chi connectivity index (χ2n) is 3.41. The monoisotopic (exact) mass is 211 g/mol. The van der Waals surface area contributed by atoms with E-state index in [1.807, 2.05) is 43.4 Å². The van der Waals surface area contributed by atoms with Crippen LogP contribution in [0.1, 0.15) is 11.1 Å². The molecule has 0 amide bonds. The Labute approximate surface area is 94.7 Å². The molecule has 2 N–H and O–H groups in total. The first-order valence-electron chi connectivity index (χ1n) is 5.09. The summed E-state index contributed by atoms with van der Waals surface area (Å²) in [6.45, 7) is 0. The van der Waals surface area contributed by atoms with Gasteiger partial charge in [0.2, 0.25) is 0 Å². The van der Waals surface area contributed by atoms with Crippen molar-refractivity contribution < 1.29 is 0 Å². The third-order valence-electron chi connectivity index (χ3n) is 2.42. The summed E-state index contributed by atoms with van der Waals surface area (Å²) in [5.74, 6) is 0. The molecule has 0 atom stereocenters. The Kier molecular flexibility index (Phi) is 2.96. The van der Waals surface area contributed by atoms with Crippen LogP contribution >= 0.6 is 0 Å². The summed E-state index contributed by atoms with van der Waals surface area (Å²) in [6.07, 6.45) is 3.41. The van der Waals surface area contributed by atoms with E-state index in [4.69, 9.17) is 5.41 Å². The first-order valence-corrected chi connectivity index (χ1v) is 5.09. The van der Waals surface area contributed by atoms with Gasteiger partial charge in [-0.3, -0.25) is 10.4 Å². The highest BCUT2D eigenvalue weighted by atomic mass is 14.8. The van der Waals surface area contributed by atoms with Crippen molar-refractivity contribution >= 4 is 11.4 Å². The molecule has 0 aliphatic carbocycles. The van der Waals surface area contributed by atoms with Gasteiger partial charge in [-0.15, -0.1) is 0 Å². The molecule has 16 heavy (non-hydrogen) atoms. The predicted molar refractivity (Wildman–Crippen MR) is 66.2 cm³/mol. The Morgan fingerprint density at radius 3 is 2.69 bits per heavy atom. The number of hydrogen-bond acceptors (Lipinski definition) is 3. The van der Waals surface area contributed by atoms with E-state index >= 15 is 0 Å². The lowest BCUT2D eigenvalue weighted by molar-refractivity contribution is 1.30. The minimum absolute atomic E-state index is 0.484. The first kappa shape index (κ1) is 10.4. The summed E-state index contributed by atoms with van der Waals surface area (Å²) in [5.41, 5.74) is 3.15. The van der Waals surface area contributed by atoms with Crippen molar-refractivity contribution in [3.8, 4) is 0 Å². The van der Waals surface area contributed by atoms with Crippen LogP contribution in [0.15, 0.2) is 48.8 Å². The zero-order valence-electron chi connectivity index (χ0n) is 9.07. The van der Waals surface area contributed by atoms with Crippen LogP contribution in [0.25, 0.3) is 0 Å². The molecule has 1 aromatic heterocycles. The molecule has 2 aromatic rings. The standard InChI is InChI=1S/C13H13N3/c1-15-12-7-3-2-6-11(12)13(14)10-5-4-8-16-9-10/h2-9,14-15H,1H3. The molecule has 0 aliphatic rings. The lowest BCUT2D eigenvalue weighted by Gasteiger charge is -2.09. The van der Waals surface area contributed by atoms with E-state index in [1.54, 1.807) is 12.4 Å². The Balaban J connectivity index is 2.42. The van der Waals surface area contributed by atoms with Crippen molar-refractivity contribution in [1.82, 2.24) is 4.98 Å². The average Bonchev–Trinajstić information content (AvgIpc) is 2.39. The fourth-order valence-corrected chi connectivity index (χ4v) is 1.59. The number of benzene rings is 1. The molecule has 0 spiro atoms. The summed E-state index contributed by atoms with van der Waals surface area (Å²) in [6, 6.07) is 11.5. The van der Waals surface area contributed by atoms with Crippen LogP contribution in [-0.4, -0.2) is 17.7 Å². The number of rotatable bonds is 3. The number of para-hydroxylation sites is 1. The van der Waals surface area contributed by atoms with Gasteiger partial charge in [0.15, 0.2) is 0 Å². The third kappa shape index (κ3) is 1.93. The van der Waals surface area contributed by atoms with Crippen LogP contribution in [0.4, 0.5) is 5.69 Å². The molecule has 0 aliphatic heterocycles. The number of aromatic nitrogens is 1. The summed E-state index contributed by atoms with van der Waals surface area (Å²) in [7, 11) is 1.86. The topological polar surface area (TPSA) is 48.8 Å². The van der Waals surface area contributed by atoms with Gasteiger partial charge in [0.1, 0.15) is 0 Å². The maximum atomic E-state index is 8.13. The minimum Gasteiger partial charge on any atom is -0.388 e. The molecule has 0 saturated carbocycles. The molecule has 1 heterocycles. The van der Waals surface area contributed by atoms with Crippen molar-refractivity contribution in [3.05, 3.63) is 59.9 Å². The molecule has 0 unspecified atom stereocenters. The van der Waals surface area contributed by atoms with Crippen molar-refractivity contribution in [2.75, 3.05) is 12.4 Å². The van der Waals surface area contributed by atoms with E-state index in [9.17, 15) is 0 Å². The summed E-state index contributed by atoms with van der Waals surface area (Å²) < 4.78 is 0. The quantitative estimate of drug-likeness (QED) is 0.766. The minimum atomic E-state index is 0.484. The fraction of sp³-hybridized carbons (Fsp3) is 0.0769. The average molecular weight is 211 g/mol. The van der Waals surface area contributed by atoms with Gasteiger partial charge in [0.25, 0.3) is 0 Å². The molecule has 2 rings (SSSR count). The zero-order chi connectivity index (χ0) is 11.4. The fourth-order valence-electron chi connectivity index (χ4n) is 1.59. The number of hydrogen-bond donors (Lipinski definition) is 2. The number of anilines is 1. The molecule has 3 nitrogen and oxygen atoms in total. The largest absolute Gasteiger partial charge is 0.388 e. The van der Waals surface area contributed by atoms with Gasteiger partial charge in [-0.05, 0) is 18.2 Å². The summed E-state index contributed by atoms with van der Waals surface area (Å²) in [4.78, 5) is 4.03. The second kappa shape index (κ2) is 4.57. The molecule has 0 saturated heterocycles. The Hall–Kier alpha value is -2.16. The molecule has 80 valence electrons. The van der Waals surface area contributed by atoms with Crippen molar-refractivity contribution in [1.29, 1.82) is 5.41 Å². The van der Waals surface area contributed by atoms with Crippen LogP contribution in [0, 0.1) is 5.41 Å². The Morgan fingerprint density at radius 1 is 1.19 bits per heavy atom. The van der Waals surface area contributed by atoms with E-state index in [0.717, 1.165) is 16.8 Å². The molecule has 0 fully saturated rings. The van der Waals surface area contributed by atoms with E-state index < -0.39 is 0 Å². The van der Waals surface area contributed by atoms with Crippen molar-refractivity contribution in [3.63, 3.8) is 0 Å². The highest BCUT2D eigenvalue weighted by Crippen LogP contribution is 2.17. The van der Waals surface area contributed by atoms with Gasteiger partial charge in [-0.1, -0.05) is 18.2 Å². The van der Waals surface area contributed by atoms with Crippen LogP contribution < -0.4 is 5.32 Å². The number of nitrogens with one attached hydrogen (secondary N) is 2. The zero-order valence-corrected chi connectivity index (χ0v) is 9.07. The van der Waals surface area contributed by atoms with Crippen LogP contribution in [0.3, 0.4) is 0 Å². The SMILES string of the molecule is CNc1ccccc1C(=N)c1cccnc1. The van der Waals surface area contributed by atoms with Crippen LogP contribution in [0.2, 0.25) is 0 Å². The van der Waals surface area contributed by atoms with Crippen LogP contribution in [0.5, 0.6) is 0 Å². The summed E-state index contributed by atoms with van der Waals surface area (Å²) in [5, 5.41) is 11.2. The van der Waals surface area contributed by atoms with Crippen molar-refractivity contribution in [2.45, 2.75) is 0 Å². The second-order valence-corrected chi connectivity index (χ2v) is 3.41. The molecule has 1 aromatic carbocycles. The van der Waals surface area contributed by atoms with Gasteiger partial charge in [-0.2, -0.15) is 0 Å². The van der Waals surface area contributed by atoms with Gasteiger partial charge in [0, 0.05) is 36.3 Å². The Bertz CT molecular complexity index is 492. The predicted octanol–water partition coefficient (Wildman–Crippen LogP) is 2.54. The van der Waals surface area contributed by atoms with Gasteiger partial charge < -0.3 is 5.32 Å². The Morgan fingerprint density at radius 2 is 2.00 bits per heavy atom. The smallest absolute Gasteiger partial charge is 0.0720 e. The molecular weight excluding hydrogens is 198 g/mol. The molecular formula is C13H13N3. The lowest BCUT2D eigenvalue weighted by atomic mass is 10.0. The van der Waals surface area contributed by atoms with E-state index in [-0.39, 0.29) is 0 Å². The molecule has 3 heteroatoms. The first-order chi connectivity index (χ1) is 7.83. The van der Waals surface area contributed by atoms with E-state index in [1.165, 1.54) is 0 Å². The molecule has 0 radical (unpaired) electrons. The van der Waals surface area contributed by atoms with E-state index in [0.29, 0.717) is 5.71 Å². The lowest BCUT2D eigenvalue weighted by Crippen LogP contribution is -2.05. The van der Waals surface area contributed by atoms with Gasteiger partial charge in [0.05, 0.1) is 5.71 Å². The number of pyridine rings is 1. The number of nitrogens with zero attached hydrogens (tertiary/aromatic N) is 1. The maximum Gasteiger partial charge on any atom is 0.0720 e. The van der Waals surface area contributed by atoms with Gasteiger partial charge in [-0.25, -0.2) is 0 Å². The van der Waals surface area contributed by atoms with Crippen molar-refractivity contribution in [2.24, 2.45) is 0 Å². The highest BCUT2D eigenvalue weighted by Gasteiger charge is 2.08. The van der Waals surface area contributed by atoms with E-state index in [2.05, 4.69) is 10.3 Å². The maximum absolute atomic E-state index is 8.13. The third-order valence-corrected chi connectivity index (χ3v) is 2.42. The highest BCUT2D eigenvalue weighted by molar-refractivity contribution is 6.13. The van der Waals surface area contributed by atoms with Gasteiger partial charge >= 0.3 is 0 Å². The molecule has 0 bridgehead atoms. The van der Waals surface area contributed by atoms with Crippen LogP contribution in [-0.2, 0) is 0 Å². The summed E-state index contributed by atoms with van der Waals surface area (Å²) >= 11 is 0. The normalized spacial score (nSPS) is 9.81.